The summed E-state index contributed by atoms with van der Waals surface area (Å²) < 4.78 is 0. The zero-order valence-corrected chi connectivity index (χ0v) is 10.7. The highest BCUT2D eigenvalue weighted by Gasteiger charge is 2.52. The quantitative estimate of drug-likeness (QED) is 0.662. The van der Waals surface area contributed by atoms with E-state index in [1.165, 1.54) is 0 Å². The maximum absolute atomic E-state index is 12.0. The average Bonchev–Trinajstić information content (AvgIpc) is 2.93. The van der Waals surface area contributed by atoms with E-state index in [1.54, 1.807) is 0 Å². The van der Waals surface area contributed by atoms with Crippen molar-refractivity contribution in [3.05, 3.63) is 0 Å². The first-order valence-electron chi connectivity index (χ1n) is 5.96. The van der Waals surface area contributed by atoms with Gasteiger partial charge in [-0.05, 0) is 24.7 Å². The molecule has 98 valence electrons. The first kappa shape index (κ1) is 14.0. The van der Waals surface area contributed by atoms with Crippen molar-refractivity contribution in [2.45, 2.75) is 45.6 Å². The number of nitrogens with one attached hydrogen (secondary N) is 1. The molecule has 1 aliphatic carbocycles. The molecule has 0 bridgehead atoms. The van der Waals surface area contributed by atoms with Gasteiger partial charge in [-0.2, -0.15) is 0 Å². The topological polar surface area (TPSA) is 92.4 Å². The molecule has 17 heavy (non-hydrogen) atoms. The SMILES string of the molecule is CC(C)(C)CC(CN)C(=O)NC1(C(=O)O)CC1. The highest BCUT2D eigenvalue weighted by atomic mass is 16.4. The largest absolute Gasteiger partial charge is 0.480 e. The van der Waals surface area contributed by atoms with Gasteiger partial charge in [-0.25, -0.2) is 4.79 Å². The van der Waals surface area contributed by atoms with E-state index in [9.17, 15) is 9.59 Å². The summed E-state index contributed by atoms with van der Waals surface area (Å²) in [5.74, 6) is -1.49. The molecule has 0 heterocycles. The van der Waals surface area contributed by atoms with Gasteiger partial charge in [0.15, 0.2) is 0 Å². The lowest BCUT2D eigenvalue weighted by Crippen LogP contribution is -2.47. The van der Waals surface area contributed by atoms with Gasteiger partial charge in [-0.1, -0.05) is 20.8 Å². The highest BCUT2D eigenvalue weighted by molar-refractivity contribution is 5.90. The van der Waals surface area contributed by atoms with Crippen molar-refractivity contribution in [2.75, 3.05) is 6.54 Å². The van der Waals surface area contributed by atoms with E-state index < -0.39 is 11.5 Å². The summed E-state index contributed by atoms with van der Waals surface area (Å²) in [6, 6.07) is 0. The molecule has 1 aliphatic rings. The van der Waals surface area contributed by atoms with E-state index in [2.05, 4.69) is 5.32 Å². The first-order valence-corrected chi connectivity index (χ1v) is 5.96. The van der Waals surface area contributed by atoms with Gasteiger partial charge in [-0.3, -0.25) is 4.79 Å². The van der Waals surface area contributed by atoms with Crippen LogP contribution in [0.2, 0.25) is 0 Å². The lowest BCUT2D eigenvalue weighted by atomic mass is 9.84. The molecule has 0 aromatic heterocycles. The van der Waals surface area contributed by atoms with Crippen molar-refractivity contribution in [3.8, 4) is 0 Å². The summed E-state index contributed by atoms with van der Waals surface area (Å²) in [5.41, 5.74) is 4.58. The molecule has 4 N–H and O–H groups in total. The maximum Gasteiger partial charge on any atom is 0.329 e. The molecule has 0 aromatic rings. The zero-order valence-electron chi connectivity index (χ0n) is 10.7. The van der Waals surface area contributed by atoms with Crippen LogP contribution in [0.5, 0.6) is 0 Å². The Morgan fingerprint density at radius 2 is 1.94 bits per heavy atom. The number of carbonyl (C=O) groups is 2. The lowest BCUT2D eigenvalue weighted by Gasteiger charge is -2.25. The Labute approximate surface area is 102 Å². The molecular formula is C12H22N2O3. The summed E-state index contributed by atoms with van der Waals surface area (Å²) in [6.07, 6.45) is 1.69. The number of nitrogens with two attached hydrogens (primary N) is 1. The highest BCUT2D eigenvalue weighted by Crippen LogP contribution is 2.36. The van der Waals surface area contributed by atoms with Gasteiger partial charge in [0.1, 0.15) is 5.54 Å². The Bertz CT molecular complexity index is 316. The van der Waals surface area contributed by atoms with Crippen molar-refractivity contribution >= 4 is 11.9 Å². The second-order valence-electron chi connectivity index (χ2n) is 6.07. The zero-order chi connectivity index (χ0) is 13.3. The van der Waals surface area contributed by atoms with Crippen LogP contribution in [0.15, 0.2) is 0 Å². The molecule has 1 unspecified atom stereocenters. The first-order chi connectivity index (χ1) is 7.70. The summed E-state index contributed by atoms with van der Waals surface area (Å²) in [5, 5.41) is 11.6. The predicted molar refractivity (Wildman–Crippen MR) is 64.4 cm³/mol. The minimum atomic E-state index is -1.01. The van der Waals surface area contributed by atoms with Gasteiger partial charge >= 0.3 is 5.97 Å². The van der Waals surface area contributed by atoms with E-state index in [-0.39, 0.29) is 23.8 Å². The van der Waals surface area contributed by atoms with E-state index in [1.807, 2.05) is 20.8 Å². The summed E-state index contributed by atoms with van der Waals surface area (Å²) in [6.45, 7) is 6.35. The van der Waals surface area contributed by atoms with E-state index in [0.717, 1.165) is 0 Å². The van der Waals surface area contributed by atoms with Crippen LogP contribution in [0.25, 0.3) is 0 Å². The number of carboxylic acids is 1. The van der Waals surface area contributed by atoms with Crippen LogP contribution in [-0.4, -0.2) is 29.1 Å². The minimum Gasteiger partial charge on any atom is -0.480 e. The van der Waals surface area contributed by atoms with Gasteiger partial charge in [0.05, 0.1) is 5.92 Å². The van der Waals surface area contributed by atoms with Crippen LogP contribution in [0.3, 0.4) is 0 Å². The van der Waals surface area contributed by atoms with Gasteiger partial charge in [0.2, 0.25) is 5.91 Å². The Kier molecular flexibility index (Phi) is 3.81. The molecule has 1 amide bonds. The molecule has 0 aromatic carbocycles. The molecular weight excluding hydrogens is 220 g/mol. The molecule has 0 radical (unpaired) electrons. The van der Waals surface area contributed by atoms with Crippen LogP contribution >= 0.6 is 0 Å². The number of carboxylic acid groups (broad SMARTS) is 1. The van der Waals surface area contributed by atoms with Crippen molar-refractivity contribution in [2.24, 2.45) is 17.1 Å². The molecule has 5 heteroatoms. The van der Waals surface area contributed by atoms with Crippen molar-refractivity contribution < 1.29 is 14.7 Å². The van der Waals surface area contributed by atoms with Crippen molar-refractivity contribution in [3.63, 3.8) is 0 Å². The third-order valence-electron chi connectivity index (χ3n) is 3.04. The Balaban J connectivity index is 2.59. The molecule has 1 fully saturated rings. The number of aliphatic carboxylic acids is 1. The van der Waals surface area contributed by atoms with Crippen LogP contribution < -0.4 is 11.1 Å². The fourth-order valence-electron chi connectivity index (χ4n) is 1.88. The molecule has 1 saturated carbocycles. The summed E-state index contributed by atoms with van der Waals surface area (Å²) in [4.78, 5) is 22.9. The fourth-order valence-corrected chi connectivity index (χ4v) is 1.88. The third-order valence-corrected chi connectivity index (χ3v) is 3.04. The predicted octanol–water partition coefficient (Wildman–Crippen LogP) is 0.731. The van der Waals surface area contributed by atoms with E-state index >= 15 is 0 Å². The molecule has 0 saturated heterocycles. The summed E-state index contributed by atoms with van der Waals surface area (Å²) in [7, 11) is 0. The number of amides is 1. The Morgan fingerprint density at radius 1 is 1.41 bits per heavy atom. The number of hydrogen-bond donors (Lipinski definition) is 3. The van der Waals surface area contributed by atoms with Crippen molar-refractivity contribution in [1.29, 1.82) is 0 Å². The van der Waals surface area contributed by atoms with Crippen LogP contribution in [0.4, 0.5) is 0 Å². The van der Waals surface area contributed by atoms with Crippen LogP contribution in [0, 0.1) is 11.3 Å². The van der Waals surface area contributed by atoms with Gasteiger partial charge < -0.3 is 16.2 Å². The lowest BCUT2D eigenvalue weighted by molar-refractivity contribution is -0.143. The average molecular weight is 242 g/mol. The summed E-state index contributed by atoms with van der Waals surface area (Å²) >= 11 is 0. The second-order valence-corrected chi connectivity index (χ2v) is 6.07. The van der Waals surface area contributed by atoms with E-state index in [0.29, 0.717) is 19.3 Å². The van der Waals surface area contributed by atoms with Crippen LogP contribution in [0.1, 0.15) is 40.0 Å². The standard InChI is InChI=1S/C12H22N2O3/c1-11(2,3)6-8(7-13)9(15)14-12(4-5-12)10(16)17/h8H,4-7,13H2,1-3H3,(H,14,15)(H,16,17). The monoisotopic (exact) mass is 242 g/mol. The molecule has 0 aliphatic heterocycles. The number of carbonyl (C=O) groups excluding carboxylic acids is 1. The Hall–Kier alpha value is -1.10. The second kappa shape index (κ2) is 4.64. The smallest absolute Gasteiger partial charge is 0.329 e. The van der Waals surface area contributed by atoms with Gasteiger partial charge in [0.25, 0.3) is 0 Å². The van der Waals surface area contributed by atoms with E-state index in [4.69, 9.17) is 10.8 Å². The molecule has 5 nitrogen and oxygen atoms in total. The number of hydrogen-bond acceptors (Lipinski definition) is 3. The maximum atomic E-state index is 12.0. The normalized spacial score (nSPS) is 19.5. The third kappa shape index (κ3) is 3.70. The van der Waals surface area contributed by atoms with Crippen molar-refractivity contribution in [1.82, 2.24) is 5.32 Å². The number of rotatable bonds is 5. The van der Waals surface area contributed by atoms with Gasteiger partial charge in [0, 0.05) is 6.54 Å². The Morgan fingerprint density at radius 3 is 2.24 bits per heavy atom. The fraction of sp³-hybridized carbons (Fsp3) is 0.833. The minimum absolute atomic E-state index is 0.00130. The van der Waals surface area contributed by atoms with Crippen LogP contribution in [-0.2, 0) is 9.59 Å². The molecule has 0 spiro atoms. The molecule has 1 atom stereocenters. The van der Waals surface area contributed by atoms with Gasteiger partial charge in [-0.15, -0.1) is 0 Å². The molecule has 1 rings (SSSR count).